The molecule has 1 heterocycles. The summed E-state index contributed by atoms with van der Waals surface area (Å²) in [6.45, 7) is 3.00. The number of halogens is 4. The van der Waals surface area contributed by atoms with Crippen LogP contribution in [0, 0.1) is 23.3 Å². The summed E-state index contributed by atoms with van der Waals surface area (Å²) in [5.41, 5.74) is 4.59. The first kappa shape index (κ1) is 18.7. The van der Waals surface area contributed by atoms with Crippen LogP contribution in [0.2, 0.25) is 0 Å². The van der Waals surface area contributed by atoms with Crippen molar-refractivity contribution in [3.05, 3.63) is 59.4 Å². The molecule has 0 fully saturated rings. The molecule has 142 valence electrons. The van der Waals surface area contributed by atoms with Gasteiger partial charge in [-0.1, -0.05) is 0 Å². The summed E-state index contributed by atoms with van der Waals surface area (Å²) in [6.07, 6.45) is 0. The second-order valence-corrected chi connectivity index (χ2v) is 6.46. The zero-order chi connectivity index (χ0) is 19.9. The molecule has 1 aromatic heterocycles. The van der Waals surface area contributed by atoms with E-state index in [1.807, 2.05) is 0 Å². The van der Waals surface area contributed by atoms with E-state index in [0.717, 1.165) is 6.07 Å². The zero-order valence-electron chi connectivity index (χ0n) is 14.7. The number of nitrogens with two attached hydrogens (primary N) is 1. The number of nitrogens with zero attached hydrogens (tertiary/aromatic N) is 3. The number of hydrogen-bond acceptors (Lipinski definition) is 4. The van der Waals surface area contributed by atoms with Gasteiger partial charge in [0.2, 0.25) is 0 Å². The summed E-state index contributed by atoms with van der Waals surface area (Å²) < 4.78 is 62.0. The van der Waals surface area contributed by atoms with Crippen LogP contribution < -0.4 is 10.5 Å². The first-order chi connectivity index (χ1) is 12.6. The van der Waals surface area contributed by atoms with Crippen molar-refractivity contribution in [3.8, 4) is 17.1 Å². The SMILES string of the molecule is Cn1c(-c2ccc(N)cc2F)nnc1C(C)(C)Oc1c(F)cc(F)cc1F. The molecule has 0 aliphatic heterocycles. The van der Waals surface area contributed by atoms with Gasteiger partial charge in [0, 0.05) is 24.9 Å². The average Bonchev–Trinajstić information content (AvgIpc) is 2.93. The monoisotopic (exact) mass is 380 g/mol. The van der Waals surface area contributed by atoms with Gasteiger partial charge < -0.3 is 15.0 Å². The van der Waals surface area contributed by atoms with Crippen molar-refractivity contribution in [2.24, 2.45) is 7.05 Å². The van der Waals surface area contributed by atoms with Gasteiger partial charge >= 0.3 is 0 Å². The van der Waals surface area contributed by atoms with Crippen LogP contribution >= 0.6 is 0 Å². The topological polar surface area (TPSA) is 66.0 Å². The molecule has 0 radical (unpaired) electrons. The van der Waals surface area contributed by atoms with Crippen LogP contribution in [0.3, 0.4) is 0 Å². The van der Waals surface area contributed by atoms with Gasteiger partial charge in [0.05, 0.1) is 5.56 Å². The number of aromatic nitrogens is 3. The van der Waals surface area contributed by atoms with Gasteiger partial charge in [-0.15, -0.1) is 10.2 Å². The summed E-state index contributed by atoms with van der Waals surface area (Å²) in [4.78, 5) is 0. The maximum atomic E-state index is 14.2. The van der Waals surface area contributed by atoms with Crippen LogP contribution in [0.5, 0.6) is 5.75 Å². The predicted octanol–water partition coefficient (Wildman–Crippen LogP) is 3.93. The molecular weight excluding hydrogens is 364 g/mol. The van der Waals surface area contributed by atoms with Crippen molar-refractivity contribution in [2.75, 3.05) is 5.73 Å². The van der Waals surface area contributed by atoms with E-state index in [-0.39, 0.29) is 22.9 Å². The Labute approximate surface area is 152 Å². The summed E-state index contributed by atoms with van der Waals surface area (Å²) >= 11 is 0. The lowest BCUT2D eigenvalue weighted by molar-refractivity contribution is 0.0833. The summed E-state index contributed by atoms with van der Waals surface area (Å²) in [7, 11) is 1.56. The molecule has 0 spiro atoms. The minimum atomic E-state index is -1.36. The minimum absolute atomic E-state index is 0.153. The predicted molar refractivity (Wildman–Crippen MR) is 90.8 cm³/mol. The maximum absolute atomic E-state index is 14.2. The van der Waals surface area contributed by atoms with E-state index in [2.05, 4.69) is 10.2 Å². The van der Waals surface area contributed by atoms with Gasteiger partial charge in [0.15, 0.2) is 34.6 Å². The molecule has 0 saturated heterocycles. The van der Waals surface area contributed by atoms with E-state index in [4.69, 9.17) is 10.5 Å². The van der Waals surface area contributed by atoms with Gasteiger partial charge in [0.25, 0.3) is 0 Å². The van der Waals surface area contributed by atoms with Crippen molar-refractivity contribution in [2.45, 2.75) is 19.4 Å². The van der Waals surface area contributed by atoms with Gasteiger partial charge in [-0.25, -0.2) is 17.6 Å². The third kappa shape index (κ3) is 3.44. The molecule has 0 atom stereocenters. The third-order valence-electron chi connectivity index (χ3n) is 3.97. The van der Waals surface area contributed by atoms with Crippen molar-refractivity contribution >= 4 is 5.69 Å². The Balaban J connectivity index is 2.00. The lowest BCUT2D eigenvalue weighted by Crippen LogP contribution is -2.30. The molecule has 0 bridgehead atoms. The molecule has 2 aromatic carbocycles. The average molecular weight is 380 g/mol. The van der Waals surface area contributed by atoms with Crippen LogP contribution in [0.4, 0.5) is 23.2 Å². The number of ether oxygens (including phenoxy) is 1. The van der Waals surface area contributed by atoms with E-state index in [0.29, 0.717) is 12.1 Å². The fourth-order valence-corrected chi connectivity index (χ4v) is 2.73. The quantitative estimate of drug-likeness (QED) is 0.550. The molecule has 5 nitrogen and oxygen atoms in total. The Kier molecular flexibility index (Phi) is 4.54. The first-order valence-corrected chi connectivity index (χ1v) is 7.89. The summed E-state index contributed by atoms with van der Waals surface area (Å²) in [5.74, 6) is -4.41. The van der Waals surface area contributed by atoms with Crippen LogP contribution in [-0.4, -0.2) is 14.8 Å². The van der Waals surface area contributed by atoms with E-state index >= 15 is 0 Å². The molecule has 2 N–H and O–H groups in total. The van der Waals surface area contributed by atoms with E-state index in [1.165, 1.54) is 30.5 Å². The van der Waals surface area contributed by atoms with E-state index in [9.17, 15) is 17.6 Å². The van der Waals surface area contributed by atoms with Crippen LogP contribution in [0.15, 0.2) is 30.3 Å². The van der Waals surface area contributed by atoms with Gasteiger partial charge in [-0.05, 0) is 32.0 Å². The minimum Gasteiger partial charge on any atom is -0.474 e. The second kappa shape index (κ2) is 6.57. The van der Waals surface area contributed by atoms with Gasteiger partial charge in [0.1, 0.15) is 11.6 Å². The number of benzene rings is 2. The second-order valence-electron chi connectivity index (χ2n) is 6.46. The molecule has 0 aliphatic rings. The highest BCUT2D eigenvalue weighted by Gasteiger charge is 2.32. The lowest BCUT2D eigenvalue weighted by Gasteiger charge is -2.26. The smallest absolute Gasteiger partial charge is 0.192 e. The fourth-order valence-electron chi connectivity index (χ4n) is 2.73. The standard InChI is InChI=1S/C18H16F4N4O/c1-18(2,27-15-13(21)6-9(19)7-14(15)22)17-25-24-16(26(17)3)11-5-4-10(23)8-12(11)20/h4-8H,23H2,1-3H3. The Morgan fingerprint density at radius 3 is 2.19 bits per heavy atom. The Bertz CT molecular complexity index is 994. The highest BCUT2D eigenvalue weighted by molar-refractivity contribution is 5.60. The Morgan fingerprint density at radius 2 is 1.59 bits per heavy atom. The fraction of sp³-hybridized carbons (Fsp3) is 0.222. The molecule has 0 unspecified atom stereocenters. The molecular formula is C18H16F4N4O. The normalized spacial score (nSPS) is 11.7. The van der Waals surface area contributed by atoms with Gasteiger partial charge in [-0.3, -0.25) is 0 Å². The van der Waals surface area contributed by atoms with Crippen LogP contribution in [0.25, 0.3) is 11.4 Å². The number of anilines is 1. The number of hydrogen-bond donors (Lipinski definition) is 1. The molecule has 0 saturated carbocycles. The summed E-state index contributed by atoms with van der Waals surface area (Å²) in [6, 6.07) is 5.14. The van der Waals surface area contributed by atoms with Crippen LogP contribution in [-0.2, 0) is 12.6 Å². The van der Waals surface area contributed by atoms with Crippen molar-refractivity contribution in [3.63, 3.8) is 0 Å². The van der Waals surface area contributed by atoms with Gasteiger partial charge in [-0.2, -0.15) is 0 Å². The molecule has 9 heteroatoms. The van der Waals surface area contributed by atoms with Crippen LogP contribution in [0.1, 0.15) is 19.7 Å². The maximum Gasteiger partial charge on any atom is 0.192 e. The Morgan fingerprint density at radius 1 is 0.963 bits per heavy atom. The molecule has 3 aromatic rings. The zero-order valence-corrected chi connectivity index (χ0v) is 14.7. The Hall–Kier alpha value is -3.10. The largest absolute Gasteiger partial charge is 0.474 e. The van der Waals surface area contributed by atoms with E-state index < -0.39 is 34.6 Å². The molecule has 27 heavy (non-hydrogen) atoms. The number of nitrogen functional groups attached to an aromatic ring is 1. The highest BCUT2D eigenvalue weighted by atomic mass is 19.1. The summed E-state index contributed by atoms with van der Waals surface area (Å²) in [5, 5.41) is 7.92. The van der Waals surface area contributed by atoms with Crippen molar-refractivity contribution in [1.29, 1.82) is 0 Å². The molecule has 0 amide bonds. The van der Waals surface area contributed by atoms with Crippen molar-refractivity contribution in [1.82, 2.24) is 14.8 Å². The molecule has 0 aliphatic carbocycles. The number of rotatable bonds is 4. The highest BCUT2D eigenvalue weighted by Crippen LogP contribution is 2.33. The van der Waals surface area contributed by atoms with Crippen molar-refractivity contribution < 1.29 is 22.3 Å². The first-order valence-electron chi connectivity index (χ1n) is 7.89. The molecule has 3 rings (SSSR count). The lowest BCUT2D eigenvalue weighted by atomic mass is 10.1. The third-order valence-corrected chi connectivity index (χ3v) is 3.97. The van der Waals surface area contributed by atoms with E-state index in [1.54, 1.807) is 7.05 Å².